The molecule has 2 heterocycles. The van der Waals surface area contributed by atoms with Crippen LogP contribution in [0.15, 0.2) is 6.20 Å². The Morgan fingerprint density at radius 3 is 3.33 bits per heavy atom. The van der Waals surface area contributed by atoms with Crippen LogP contribution in [0.25, 0.3) is 0 Å². The van der Waals surface area contributed by atoms with E-state index in [0.717, 1.165) is 38.8 Å². The highest BCUT2D eigenvalue weighted by atomic mass is 16.5. The first-order valence-corrected chi connectivity index (χ1v) is 5.59. The Labute approximate surface area is 90.4 Å². The molecule has 0 spiro atoms. The van der Waals surface area contributed by atoms with E-state index in [1.807, 2.05) is 6.20 Å². The molecule has 0 aromatic carbocycles. The summed E-state index contributed by atoms with van der Waals surface area (Å²) < 4.78 is 7.36. The van der Waals surface area contributed by atoms with Gasteiger partial charge in [0.2, 0.25) is 0 Å². The van der Waals surface area contributed by atoms with Gasteiger partial charge >= 0.3 is 0 Å². The van der Waals surface area contributed by atoms with Crippen molar-refractivity contribution in [3.63, 3.8) is 0 Å². The fourth-order valence-electron chi connectivity index (χ4n) is 2.13. The molecule has 1 aliphatic heterocycles. The van der Waals surface area contributed by atoms with Crippen LogP contribution in [0.5, 0.6) is 0 Å². The molecule has 1 aromatic heterocycles. The third-order valence-corrected chi connectivity index (χ3v) is 2.96. The van der Waals surface area contributed by atoms with Crippen LogP contribution in [-0.4, -0.2) is 29.3 Å². The van der Waals surface area contributed by atoms with E-state index in [2.05, 4.69) is 9.55 Å². The van der Waals surface area contributed by atoms with Crippen molar-refractivity contribution in [2.45, 2.75) is 38.3 Å². The molecule has 1 unspecified atom stereocenters. The molecule has 15 heavy (non-hydrogen) atoms. The number of fused-ring (bicyclic) bond motifs is 1. The number of hydrogen-bond acceptors (Lipinski definition) is 3. The molecule has 2 N–H and O–H groups in total. The Kier molecular flexibility index (Phi) is 3.38. The first-order chi connectivity index (χ1) is 7.31. The first-order valence-electron chi connectivity index (χ1n) is 5.59. The maximum Gasteiger partial charge on any atom is 0.108 e. The van der Waals surface area contributed by atoms with Gasteiger partial charge in [-0.05, 0) is 12.8 Å². The van der Waals surface area contributed by atoms with Gasteiger partial charge in [0.25, 0.3) is 0 Å². The number of rotatable bonds is 4. The van der Waals surface area contributed by atoms with Crippen molar-refractivity contribution in [1.82, 2.24) is 9.55 Å². The number of ether oxygens (including phenoxy) is 1. The number of nitrogens with zero attached hydrogens (tertiary/aromatic N) is 2. The monoisotopic (exact) mass is 209 g/mol. The van der Waals surface area contributed by atoms with Crippen LogP contribution in [0.3, 0.4) is 0 Å². The predicted molar refractivity (Wildman–Crippen MR) is 58.7 cm³/mol. The summed E-state index contributed by atoms with van der Waals surface area (Å²) in [6.45, 7) is 1.83. The number of aromatic nitrogens is 2. The zero-order chi connectivity index (χ0) is 10.7. The highest BCUT2D eigenvalue weighted by Crippen LogP contribution is 2.16. The van der Waals surface area contributed by atoms with Gasteiger partial charge in [0.05, 0.1) is 0 Å². The van der Waals surface area contributed by atoms with Crippen molar-refractivity contribution in [2.75, 3.05) is 13.7 Å². The van der Waals surface area contributed by atoms with Crippen molar-refractivity contribution in [2.24, 2.45) is 5.73 Å². The molecular weight excluding hydrogens is 190 g/mol. The summed E-state index contributed by atoms with van der Waals surface area (Å²) in [6, 6.07) is 0.320. The lowest BCUT2D eigenvalue weighted by Gasteiger charge is -2.21. The molecule has 2 rings (SSSR count). The van der Waals surface area contributed by atoms with Crippen LogP contribution in [0, 0.1) is 0 Å². The number of imidazole rings is 1. The van der Waals surface area contributed by atoms with Gasteiger partial charge in [-0.2, -0.15) is 0 Å². The lowest BCUT2D eigenvalue weighted by atomic mass is 10.1. The second-order valence-electron chi connectivity index (χ2n) is 4.17. The van der Waals surface area contributed by atoms with Gasteiger partial charge in [-0.3, -0.25) is 0 Å². The number of hydrogen-bond donors (Lipinski definition) is 1. The van der Waals surface area contributed by atoms with Crippen LogP contribution in [0.4, 0.5) is 0 Å². The zero-order valence-electron chi connectivity index (χ0n) is 9.28. The molecule has 0 amide bonds. The Hall–Kier alpha value is -0.870. The van der Waals surface area contributed by atoms with Crippen LogP contribution in [0.1, 0.15) is 24.4 Å². The van der Waals surface area contributed by atoms with Crippen LogP contribution in [-0.2, 0) is 24.1 Å². The van der Waals surface area contributed by atoms with Crippen molar-refractivity contribution < 1.29 is 4.74 Å². The molecule has 0 bridgehead atoms. The minimum absolute atomic E-state index is 0.320. The molecule has 0 fully saturated rings. The SMILES string of the molecule is COCCCc1ncc2n1CCC(N)C2. The molecule has 4 heteroatoms. The number of methoxy groups -OCH3 is 1. The van der Waals surface area contributed by atoms with E-state index in [4.69, 9.17) is 10.5 Å². The quantitative estimate of drug-likeness (QED) is 0.744. The molecule has 1 atom stereocenters. The largest absolute Gasteiger partial charge is 0.385 e. The average molecular weight is 209 g/mol. The van der Waals surface area contributed by atoms with Crippen LogP contribution >= 0.6 is 0 Å². The highest BCUT2D eigenvalue weighted by molar-refractivity contribution is 5.10. The van der Waals surface area contributed by atoms with Gasteiger partial charge < -0.3 is 15.0 Å². The predicted octanol–water partition coefficient (Wildman–Crippen LogP) is 0.736. The fourth-order valence-corrected chi connectivity index (χ4v) is 2.13. The Bertz CT molecular complexity index is 322. The summed E-state index contributed by atoms with van der Waals surface area (Å²) in [5.41, 5.74) is 7.21. The first kappa shape index (κ1) is 10.6. The molecular formula is C11H19N3O. The molecule has 0 aliphatic carbocycles. The molecule has 1 aliphatic rings. The summed E-state index contributed by atoms with van der Waals surface area (Å²) in [6.07, 6.45) is 6.06. The van der Waals surface area contributed by atoms with Gasteiger partial charge in [-0.15, -0.1) is 0 Å². The van der Waals surface area contributed by atoms with Gasteiger partial charge in [-0.25, -0.2) is 4.98 Å². The summed E-state index contributed by atoms with van der Waals surface area (Å²) in [7, 11) is 1.74. The van der Waals surface area contributed by atoms with Crippen molar-refractivity contribution in [1.29, 1.82) is 0 Å². The summed E-state index contributed by atoms with van der Waals surface area (Å²) >= 11 is 0. The van der Waals surface area contributed by atoms with Crippen LogP contribution < -0.4 is 5.73 Å². The van der Waals surface area contributed by atoms with Gasteiger partial charge in [-0.1, -0.05) is 0 Å². The van der Waals surface area contributed by atoms with Gasteiger partial charge in [0.15, 0.2) is 0 Å². The minimum atomic E-state index is 0.320. The molecule has 0 saturated carbocycles. The highest BCUT2D eigenvalue weighted by Gasteiger charge is 2.18. The van der Waals surface area contributed by atoms with Crippen LogP contribution in [0.2, 0.25) is 0 Å². The van der Waals surface area contributed by atoms with E-state index in [1.54, 1.807) is 7.11 Å². The zero-order valence-corrected chi connectivity index (χ0v) is 9.28. The van der Waals surface area contributed by atoms with E-state index < -0.39 is 0 Å². The van der Waals surface area contributed by atoms with E-state index in [1.165, 1.54) is 11.5 Å². The molecule has 1 aromatic rings. The number of aryl methyl sites for hydroxylation is 1. The average Bonchev–Trinajstić information content (AvgIpc) is 2.61. The van der Waals surface area contributed by atoms with Crippen molar-refractivity contribution in [3.05, 3.63) is 17.7 Å². The molecule has 84 valence electrons. The van der Waals surface area contributed by atoms with E-state index in [-0.39, 0.29) is 0 Å². The molecule has 0 radical (unpaired) electrons. The summed E-state index contributed by atoms with van der Waals surface area (Å²) in [5, 5.41) is 0. The van der Waals surface area contributed by atoms with Gasteiger partial charge in [0.1, 0.15) is 5.82 Å². The molecule has 4 nitrogen and oxygen atoms in total. The maximum atomic E-state index is 5.92. The maximum absolute atomic E-state index is 5.92. The third-order valence-electron chi connectivity index (χ3n) is 2.96. The van der Waals surface area contributed by atoms with E-state index in [9.17, 15) is 0 Å². The minimum Gasteiger partial charge on any atom is -0.385 e. The second kappa shape index (κ2) is 4.77. The Morgan fingerprint density at radius 2 is 2.53 bits per heavy atom. The van der Waals surface area contributed by atoms with E-state index >= 15 is 0 Å². The normalized spacial score (nSPS) is 20.3. The third kappa shape index (κ3) is 2.38. The lowest BCUT2D eigenvalue weighted by molar-refractivity contribution is 0.194. The standard InChI is InChI=1S/C11H19N3O/c1-15-6-2-3-11-13-8-10-7-9(12)4-5-14(10)11/h8-9H,2-7,12H2,1H3. The Balaban J connectivity index is 2.01. The van der Waals surface area contributed by atoms with Crippen molar-refractivity contribution >= 4 is 0 Å². The topological polar surface area (TPSA) is 53.1 Å². The summed E-state index contributed by atoms with van der Waals surface area (Å²) in [5.74, 6) is 1.19. The second-order valence-corrected chi connectivity index (χ2v) is 4.17. The van der Waals surface area contributed by atoms with Crippen molar-refractivity contribution in [3.8, 4) is 0 Å². The Morgan fingerprint density at radius 1 is 1.67 bits per heavy atom. The van der Waals surface area contributed by atoms with Gasteiger partial charge in [0, 0.05) is 51.0 Å². The number of nitrogens with two attached hydrogens (primary N) is 1. The smallest absolute Gasteiger partial charge is 0.108 e. The van der Waals surface area contributed by atoms with E-state index in [0.29, 0.717) is 6.04 Å². The lowest BCUT2D eigenvalue weighted by Crippen LogP contribution is -2.31. The fraction of sp³-hybridized carbons (Fsp3) is 0.727. The molecule has 0 saturated heterocycles. The summed E-state index contributed by atoms with van der Waals surface area (Å²) in [4.78, 5) is 4.46.